The second-order valence-corrected chi connectivity index (χ2v) is 8.42. The van der Waals surface area contributed by atoms with E-state index in [1.165, 1.54) is 77.0 Å². The number of hydrogen-bond acceptors (Lipinski definition) is 2. The summed E-state index contributed by atoms with van der Waals surface area (Å²) >= 11 is 0. The predicted octanol–water partition coefficient (Wildman–Crippen LogP) is 7.62. The van der Waals surface area contributed by atoms with Crippen LogP contribution in [0.25, 0.3) is 0 Å². The predicted molar refractivity (Wildman–Crippen MR) is 119 cm³/mol. The Bertz CT molecular complexity index is 388. The first kappa shape index (κ1) is 28.9. The van der Waals surface area contributed by atoms with E-state index in [0.717, 1.165) is 12.8 Å². The molecule has 0 aliphatic heterocycles. The van der Waals surface area contributed by atoms with Crippen LogP contribution in [-0.4, -0.2) is 22.2 Å². The Balaban J connectivity index is 0. The SMILES string of the molecule is C=CCC(C)(C)C(=O)O.CCCCCCCCCCCCCCCCC(=O)O. The third-order valence-corrected chi connectivity index (χ3v) is 4.98. The van der Waals surface area contributed by atoms with Crippen LogP contribution in [0.4, 0.5) is 0 Å². The van der Waals surface area contributed by atoms with E-state index in [4.69, 9.17) is 10.2 Å². The molecule has 0 aliphatic carbocycles. The van der Waals surface area contributed by atoms with Gasteiger partial charge in [0, 0.05) is 6.42 Å². The maximum Gasteiger partial charge on any atom is 0.309 e. The van der Waals surface area contributed by atoms with Gasteiger partial charge in [-0.25, -0.2) is 0 Å². The van der Waals surface area contributed by atoms with Crippen molar-refractivity contribution in [3.63, 3.8) is 0 Å². The Morgan fingerprint density at radius 3 is 1.36 bits per heavy atom. The molecule has 0 aromatic carbocycles. The van der Waals surface area contributed by atoms with Crippen LogP contribution in [0, 0.1) is 5.41 Å². The van der Waals surface area contributed by atoms with E-state index in [-0.39, 0.29) is 0 Å². The smallest absolute Gasteiger partial charge is 0.309 e. The highest BCUT2D eigenvalue weighted by molar-refractivity contribution is 5.73. The third kappa shape index (κ3) is 22.7. The van der Waals surface area contributed by atoms with Crippen LogP contribution < -0.4 is 0 Å². The highest BCUT2D eigenvalue weighted by atomic mass is 16.4. The molecule has 0 heterocycles. The molecule has 28 heavy (non-hydrogen) atoms. The van der Waals surface area contributed by atoms with Gasteiger partial charge < -0.3 is 10.2 Å². The van der Waals surface area contributed by atoms with E-state index < -0.39 is 17.4 Å². The highest BCUT2D eigenvalue weighted by Gasteiger charge is 2.24. The molecule has 4 heteroatoms. The van der Waals surface area contributed by atoms with Gasteiger partial charge in [0.25, 0.3) is 0 Å². The van der Waals surface area contributed by atoms with Crippen molar-refractivity contribution in [3.05, 3.63) is 12.7 Å². The molecule has 0 fully saturated rings. The molecule has 0 aromatic heterocycles. The molecular formula is C24H46O4. The van der Waals surface area contributed by atoms with Crippen molar-refractivity contribution in [2.45, 2.75) is 124 Å². The van der Waals surface area contributed by atoms with Crippen molar-refractivity contribution >= 4 is 11.9 Å². The molecular weight excluding hydrogens is 352 g/mol. The summed E-state index contributed by atoms with van der Waals surface area (Å²) in [5.41, 5.74) is -0.651. The third-order valence-electron chi connectivity index (χ3n) is 4.98. The van der Waals surface area contributed by atoms with Gasteiger partial charge in [-0.3, -0.25) is 9.59 Å². The van der Waals surface area contributed by atoms with Gasteiger partial charge in [-0.2, -0.15) is 0 Å². The molecule has 0 rings (SSSR count). The zero-order valence-electron chi connectivity index (χ0n) is 18.8. The fourth-order valence-electron chi connectivity index (χ4n) is 2.92. The molecule has 0 atom stereocenters. The van der Waals surface area contributed by atoms with Crippen LogP contribution in [0.1, 0.15) is 124 Å². The van der Waals surface area contributed by atoms with Crippen molar-refractivity contribution in [3.8, 4) is 0 Å². The molecule has 0 bridgehead atoms. The lowest BCUT2D eigenvalue weighted by Gasteiger charge is -2.15. The number of allylic oxidation sites excluding steroid dienone is 1. The Morgan fingerprint density at radius 2 is 1.11 bits per heavy atom. The minimum atomic E-state index is -0.776. The highest BCUT2D eigenvalue weighted by Crippen LogP contribution is 2.20. The minimum Gasteiger partial charge on any atom is -0.481 e. The van der Waals surface area contributed by atoms with Gasteiger partial charge in [-0.05, 0) is 26.7 Å². The summed E-state index contributed by atoms with van der Waals surface area (Å²) in [5.74, 6) is -1.43. The molecule has 166 valence electrons. The van der Waals surface area contributed by atoms with Crippen molar-refractivity contribution in [2.75, 3.05) is 0 Å². The Kier molecular flexibility index (Phi) is 21.1. The maximum atomic E-state index is 10.4. The van der Waals surface area contributed by atoms with Gasteiger partial charge in [0.05, 0.1) is 5.41 Å². The number of carboxylic acids is 2. The van der Waals surface area contributed by atoms with Gasteiger partial charge in [-0.1, -0.05) is 96.5 Å². The van der Waals surface area contributed by atoms with Crippen molar-refractivity contribution in [2.24, 2.45) is 5.41 Å². The zero-order valence-corrected chi connectivity index (χ0v) is 18.8. The molecule has 0 radical (unpaired) electrons. The van der Waals surface area contributed by atoms with Crippen LogP contribution in [0.3, 0.4) is 0 Å². The van der Waals surface area contributed by atoms with Gasteiger partial charge >= 0.3 is 11.9 Å². The zero-order chi connectivity index (χ0) is 21.7. The second kappa shape index (κ2) is 20.4. The maximum absolute atomic E-state index is 10.4. The average Bonchev–Trinajstić information content (AvgIpc) is 2.62. The summed E-state index contributed by atoms with van der Waals surface area (Å²) in [5, 5.41) is 17.0. The first-order valence-corrected chi connectivity index (χ1v) is 11.3. The van der Waals surface area contributed by atoms with Gasteiger partial charge in [0.2, 0.25) is 0 Å². The molecule has 0 unspecified atom stereocenters. The molecule has 0 aromatic rings. The topological polar surface area (TPSA) is 74.6 Å². The van der Waals surface area contributed by atoms with E-state index in [9.17, 15) is 9.59 Å². The Labute approximate surface area is 173 Å². The fourth-order valence-corrected chi connectivity index (χ4v) is 2.92. The Morgan fingerprint density at radius 1 is 0.750 bits per heavy atom. The van der Waals surface area contributed by atoms with E-state index in [2.05, 4.69) is 13.5 Å². The second-order valence-electron chi connectivity index (χ2n) is 8.42. The van der Waals surface area contributed by atoms with Crippen molar-refractivity contribution in [1.82, 2.24) is 0 Å². The van der Waals surface area contributed by atoms with Gasteiger partial charge in [0.15, 0.2) is 0 Å². The van der Waals surface area contributed by atoms with Gasteiger partial charge in [-0.15, -0.1) is 6.58 Å². The number of unbranched alkanes of at least 4 members (excludes halogenated alkanes) is 13. The molecule has 0 aliphatic rings. The first-order valence-electron chi connectivity index (χ1n) is 11.3. The molecule has 0 saturated carbocycles. The molecule has 0 amide bonds. The van der Waals surface area contributed by atoms with Crippen molar-refractivity contribution in [1.29, 1.82) is 0 Å². The molecule has 4 nitrogen and oxygen atoms in total. The summed E-state index contributed by atoms with van der Waals surface area (Å²) < 4.78 is 0. The van der Waals surface area contributed by atoms with E-state index >= 15 is 0 Å². The number of aliphatic carboxylic acids is 2. The van der Waals surface area contributed by atoms with Crippen molar-refractivity contribution < 1.29 is 19.8 Å². The average molecular weight is 399 g/mol. The lowest BCUT2D eigenvalue weighted by molar-refractivity contribution is -0.146. The van der Waals surface area contributed by atoms with Crippen LogP contribution in [-0.2, 0) is 9.59 Å². The summed E-state index contributed by atoms with van der Waals surface area (Å²) in [6, 6.07) is 0. The van der Waals surface area contributed by atoms with E-state index in [1.54, 1.807) is 19.9 Å². The summed E-state index contributed by atoms with van der Waals surface area (Å²) in [6.07, 6.45) is 20.9. The quantitative estimate of drug-likeness (QED) is 0.184. The Hall–Kier alpha value is -1.32. The summed E-state index contributed by atoms with van der Waals surface area (Å²) in [6.45, 7) is 9.09. The first-order chi connectivity index (χ1) is 13.3. The number of carbonyl (C=O) groups is 2. The monoisotopic (exact) mass is 398 g/mol. The fraction of sp³-hybridized carbons (Fsp3) is 0.833. The normalized spacial score (nSPS) is 10.8. The minimum absolute atomic E-state index is 0.345. The number of hydrogen-bond donors (Lipinski definition) is 2. The van der Waals surface area contributed by atoms with Gasteiger partial charge in [0.1, 0.15) is 0 Å². The van der Waals surface area contributed by atoms with Crippen LogP contribution in [0.5, 0.6) is 0 Å². The van der Waals surface area contributed by atoms with E-state index in [0.29, 0.717) is 12.8 Å². The summed E-state index contributed by atoms with van der Waals surface area (Å²) in [7, 11) is 0. The van der Waals surface area contributed by atoms with E-state index in [1.807, 2.05) is 0 Å². The van der Waals surface area contributed by atoms with Crippen LogP contribution in [0.15, 0.2) is 12.7 Å². The van der Waals surface area contributed by atoms with Crippen LogP contribution >= 0.6 is 0 Å². The lowest BCUT2D eigenvalue weighted by Crippen LogP contribution is -2.22. The largest absolute Gasteiger partial charge is 0.481 e. The van der Waals surface area contributed by atoms with Crippen LogP contribution in [0.2, 0.25) is 0 Å². The number of rotatable bonds is 18. The number of carboxylic acid groups (broad SMARTS) is 2. The lowest BCUT2D eigenvalue weighted by atomic mass is 9.90. The molecule has 0 spiro atoms. The molecule has 0 saturated heterocycles. The standard InChI is InChI=1S/C17H34O2.C7H12O2/c1-2-3-4-5-6-7-8-9-10-11-12-13-14-15-16-17(18)19;1-4-5-7(2,3)6(8)9/h2-16H2,1H3,(H,18,19);4H,1,5H2,2-3H3,(H,8,9). The molecule has 2 N–H and O–H groups in total. The summed E-state index contributed by atoms with van der Waals surface area (Å²) in [4.78, 5) is 20.7.